The van der Waals surface area contributed by atoms with Crippen molar-refractivity contribution >= 4 is 33.0 Å². The second-order valence-electron chi connectivity index (χ2n) is 2.37. The molecule has 2 aromatic rings. The van der Waals surface area contributed by atoms with Crippen molar-refractivity contribution < 1.29 is 0 Å². The molecule has 4 nitrogen and oxygen atoms in total. The number of hydrogen-bond acceptors (Lipinski definition) is 5. The van der Waals surface area contributed by atoms with Crippen molar-refractivity contribution in [3.8, 4) is 10.6 Å². The first-order valence-corrected chi connectivity index (χ1v) is 5.06. The van der Waals surface area contributed by atoms with Gasteiger partial charge in [0.15, 0.2) is 3.92 Å². The number of anilines is 1. The summed E-state index contributed by atoms with van der Waals surface area (Å²) in [5.41, 5.74) is 7.11. The Morgan fingerprint density at radius 2 is 2.15 bits per heavy atom. The van der Waals surface area contributed by atoms with E-state index in [1.165, 1.54) is 11.3 Å². The van der Waals surface area contributed by atoms with Gasteiger partial charge >= 0.3 is 0 Å². The van der Waals surface area contributed by atoms with E-state index in [1.54, 1.807) is 12.4 Å². The Labute approximate surface area is 87.0 Å². The summed E-state index contributed by atoms with van der Waals surface area (Å²) in [6, 6.07) is 1.82. The van der Waals surface area contributed by atoms with Crippen molar-refractivity contribution in [1.29, 1.82) is 0 Å². The lowest BCUT2D eigenvalue weighted by Gasteiger charge is -1.94. The van der Waals surface area contributed by atoms with Gasteiger partial charge < -0.3 is 5.73 Å². The van der Waals surface area contributed by atoms with Gasteiger partial charge in [-0.05, 0) is 22.0 Å². The molecule has 2 heterocycles. The number of hydrogen-bond donors (Lipinski definition) is 1. The zero-order valence-corrected chi connectivity index (χ0v) is 8.84. The summed E-state index contributed by atoms with van der Waals surface area (Å²) in [5, 5.41) is 8.60. The van der Waals surface area contributed by atoms with Crippen molar-refractivity contribution in [2.24, 2.45) is 0 Å². The van der Waals surface area contributed by atoms with Gasteiger partial charge in [0.1, 0.15) is 5.01 Å². The molecule has 0 aliphatic rings. The first-order valence-electron chi connectivity index (χ1n) is 3.45. The van der Waals surface area contributed by atoms with Gasteiger partial charge in [0.05, 0.1) is 5.69 Å². The van der Waals surface area contributed by atoms with Crippen LogP contribution >= 0.6 is 27.3 Å². The molecule has 6 heteroatoms. The average molecular weight is 257 g/mol. The third-order valence-corrected chi connectivity index (χ3v) is 2.81. The molecule has 0 aromatic carbocycles. The molecule has 2 aromatic heterocycles. The molecule has 0 radical (unpaired) electrons. The van der Waals surface area contributed by atoms with Crippen LogP contribution in [0.4, 0.5) is 5.69 Å². The Morgan fingerprint density at radius 3 is 2.77 bits per heavy atom. The highest BCUT2D eigenvalue weighted by molar-refractivity contribution is 9.11. The van der Waals surface area contributed by atoms with Gasteiger partial charge in [-0.15, -0.1) is 10.2 Å². The number of nitrogens with zero attached hydrogens (tertiary/aromatic N) is 3. The molecule has 0 aliphatic carbocycles. The molecule has 0 fully saturated rings. The van der Waals surface area contributed by atoms with E-state index in [1.807, 2.05) is 6.07 Å². The molecule has 2 rings (SSSR count). The van der Waals surface area contributed by atoms with Crippen LogP contribution in [0.2, 0.25) is 0 Å². The molecule has 0 aliphatic heterocycles. The molecule has 0 amide bonds. The Kier molecular flexibility index (Phi) is 2.24. The highest BCUT2D eigenvalue weighted by Crippen LogP contribution is 2.26. The molecule has 2 N–H and O–H groups in total. The molecular weight excluding hydrogens is 252 g/mol. The predicted molar refractivity (Wildman–Crippen MR) is 55.3 cm³/mol. The summed E-state index contributed by atoms with van der Waals surface area (Å²) in [7, 11) is 0. The van der Waals surface area contributed by atoms with E-state index in [-0.39, 0.29) is 0 Å². The van der Waals surface area contributed by atoms with E-state index in [4.69, 9.17) is 5.73 Å². The summed E-state index contributed by atoms with van der Waals surface area (Å²) in [5.74, 6) is 0. The van der Waals surface area contributed by atoms with Gasteiger partial charge in [0.2, 0.25) is 0 Å². The molecule has 0 atom stereocenters. The smallest absolute Gasteiger partial charge is 0.183 e. The molecule has 0 spiro atoms. The lowest BCUT2D eigenvalue weighted by Crippen LogP contribution is -1.87. The maximum atomic E-state index is 5.58. The van der Waals surface area contributed by atoms with E-state index < -0.39 is 0 Å². The van der Waals surface area contributed by atoms with Crippen LogP contribution in [-0.4, -0.2) is 15.2 Å². The van der Waals surface area contributed by atoms with Gasteiger partial charge in [0, 0.05) is 18.0 Å². The van der Waals surface area contributed by atoms with E-state index in [0.717, 1.165) is 14.5 Å². The van der Waals surface area contributed by atoms with Crippen molar-refractivity contribution in [2.45, 2.75) is 0 Å². The molecule has 0 unspecified atom stereocenters. The standard InChI is InChI=1S/C7H5BrN4S/c8-7-12-11-6(13-7)4-1-5(9)3-10-2-4/h1-3H,9H2. The van der Waals surface area contributed by atoms with Crippen molar-refractivity contribution in [2.75, 3.05) is 5.73 Å². The largest absolute Gasteiger partial charge is 0.397 e. The molecule has 66 valence electrons. The second-order valence-corrected chi connectivity index (χ2v) is 4.62. The third kappa shape index (κ3) is 1.84. The van der Waals surface area contributed by atoms with Gasteiger partial charge in [-0.3, -0.25) is 4.98 Å². The summed E-state index contributed by atoms with van der Waals surface area (Å²) in [4.78, 5) is 3.97. The fraction of sp³-hybridized carbons (Fsp3) is 0. The van der Waals surface area contributed by atoms with E-state index in [9.17, 15) is 0 Å². The van der Waals surface area contributed by atoms with E-state index in [2.05, 4.69) is 31.1 Å². The first kappa shape index (κ1) is 8.58. The monoisotopic (exact) mass is 256 g/mol. The fourth-order valence-electron chi connectivity index (χ4n) is 0.897. The normalized spacial score (nSPS) is 10.2. The maximum Gasteiger partial charge on any atom is 0.183 e. The summed E-state index contributed by atoms with van der Waals surface area (Å²) < 4.78 is 0.755. The zero-order valence-electron chi connectivity index (χ0n) is 6.44. The number of nitrogen functional groups attached to an aromatic ring is 1. The minimum atomic E-state index is 0.629. The third-order valence-electron chi connectivity index (χ3n) is 1.41. The number of pyridine rings is 1. The van der Waals surface area contributed by atoms with Crippen LogP contribution in [0, 0.1) is 0 Å². The van der Waals surface area contributed by atoms with Crippen LogP contribution in [-0.2, 0) is 0 Å². The minimum absolute atomic E-state index is 0.629. The van der Waals surface area contributed by atoms with Gasteiger partial charge in [-0.2, -0.15) is 0 Å². The van der Waals surface area contributed by atoms with Crippen molar-refractivity contribution in [3.05, 3.63) is 22.4 Å². The summed E-state index contributed by atoms with van der Waals surface area (Å²) in [6.45, 7) is 0. The van der Waals surface area contributed by atoms with E-state index >= 15 is 0 Å². The Bertz CT molecular complexity index is 428. The lowest BCUT2D eigenvalue weighted by atomic mass is 10.3. The quantitative estimate of drug-likeness (QED) is 0.847. The molecule has 0 saturated heterocycles. The fourth-order valence-corrected chi connectivity index (χ4v) is 1.99. The second kappa shape index (κ2) is 3.39. The number of aromatic nitrogens is 3. The van der Waals surface area contributed by atoms with Crippen LogP contribution in [0.3, 0.4) is 0 Å². The molecule has 0 saturated carbocycles. The molecule has 0 bridgehead atoms. The average Bonchev–Trinajstić information content (AvgIpc) is 2.52. The highest BCUT2D eigenvalue weighted by atomic mass is 79.9. The number of nitrogens with two attached hydrogens (primary N) is 1. The Balaban J connectivity index is 2.46. The van der Waals surface area contributed by atoms with Gasteiger partial charge in [-0.25, -0.2) is 0 Å². The molecular formula is C7H5BrN4S. The van der Waals surface area contributed by atoms with Crippen LogP contribution in [0.5, 0.6) is 0 Å². The highest BCUT2D eigenvalue weighted by Gasteiger charge is 2.04. The SMILES string of the molecule is Nc1cncc(-c2nnc(Br)s2)c1. The maximum absolute atomic E-state index is 5.58. The topological polar surface area (TPSA) is 64.7 Å². The summed E-state index contributed by atoms with van der Waals surface area (Å²) >= 11 is 4.69. The number of halogens is 1. The summed E-state index contributed by atoms with van der Waals surface area (Å²) in [6.07, 6.45) is 3.31. The zero-order chi connectivity index (χ0) is 9.26. The predicted octanol–water partition coefficient (Wildman–Crippen LogP) is 1.94. The number of rotatable bonds is 1. The van der Waals surface area contributed by atoms with Gasteiger partial charge in [0.25, 0.3) is 0 Å². The minimum Gasteiger partial charge on any atom is -0.397 e. The van der Waals surface area contributed by atoms with Crippen LogP contribution in [0.15, 0.2) is 22.4 Å². The van der Waals surface area contributed by atoms with Crippen molar-refractivity contribution in [1.82, 2.24) is 15.2 Å². The van der Waals surface area contributed by atoms with Crippen LogP contribution in [0.25, 0.3) is 10.6 Å². The Hall–Kier alpha value is -1.01. The van der Waals surface area contributed by atoms with Crippen molar-refractivity contribution in [3.63, 3.8) is 0 Å². The lowest BCUT2D eigenvalue weighted by molar-refractivity contribution is 1.07. The Morgan fingerprint density at radius 1 is 1.31 bits per heavy atom. The van der Waals surface area contributed by atoms with Crippen LogP contribution in [0.1, 0.15) is 0 Å². The van der Waals surface area contributed by atoms with Crippen LogP contribution < -0.4 is 5.73 Å². The van der Waals surface area contributed by atoms with E-state index in [0.29, 0.717) is 5.69 Å². The van der Waals surface area contributed by atoms with Gasteiger partial charge in [-0.1, -0.05) is 11.3 Å². The first-order chi connectivity index (χ1) is 6.25. The molecule has 13 heavy (non-hydrogen) atoms.